The summed E-state index contributed by atoms with van der Waals surface area (Å²) in [5, 5.41) is 14.4. The molecule has 4 nitrogen and oxygen atoms in total. The Kier molecular flexibility index (Phi) is 2.47. The van der Waals surface area contributed by atoms with E-state index in [-0.39, 0.29) is 0 Å². The zero-order valence-corrected chi connectivity index (χ0v) is 9.05. The third-order valence-corrected chi connectivity index (χ3v) is 2.44. The van der Waals surface area contributed by atoms with Crippen LogP contribution in [0.2, 0.25) is 0 Å². The zero-order valence-electron chi connectivity index (χ0n) is 9.05. The molecular weight excluding hydrogens is 209 g/mol. The van der Waals surface area contributed by atoms with Crippen LogP contribution in [-0.4, -0.2) is 19.9 Å². The molecular formula is C11H12FN3O. The second-order valence-electron chi connectivity index (χ2n) is 3.81. The van der Waals surface area contributed by atoms with Crippen molar-refractivity contribution in [3.63, 3.8) is 0 Å². The average molecular weight is 221 g/mol. The molecule has 0 radical (unpaired) electrons. The smallest absolute Gasteiger partial charge is 0.147 e. The van der Waals surface area contributed by atoms with E-state index >= 15 is 0 Å². The highest BCUT2D eigenvalue weighted by atomic mass is 19.1. The van der Waals surface area contributed by atoms with Gasteiger partial charge >= 0.3 is 0 Å². The Morgan fingerprint density at radius 2 is 2.06 bits per heavy atom. The fourth-order valence-corrected chi connectivity index (χ4v) is 1.47. The number of hydrogen-bond acceptors (Lipinski definition) is 3. The third kappa shape index (κ3) is 1.81. The molecule has 84 valence electrons. The molecule has 2 heterocycles. The molecule has 0 fully saturated rings. The van der Waals surface area contributed by atoms with Crippen molar-refractivity contribution in [2.24, 2.45) is 7.05 Å². The maximum absolute atomic E-state index is 12.7. The van der Waals surface area contributed by atoms with Crippen LogP contribution in [0.4, 0.5) is 4.39 Å². The van der Waals surface area contributed by atoms with Crippen molar-refractivity contribution >= 4 is 0 Å². The van der Waals surface area contributed by atoms with E-state index in [4.69, 9.17) is 0 Å². The number of aryl methyl sites for hydroxylation is 1. The largest absolute Gasteiger partial charge is 0.377 e. The van der Waals surface area contributed by atoms with E-state index in [9.17, 15) is 9.50 Å². The lowest BCUT2D eigenvalue weighted by Crippen LogP contribution is -2.25. The molecule has 1 atom stereocenters. The van der Waals surface area contributed by atoms with Gasteiger partial charge in [0, 0.05) is 13.2 Å². The van der Waals surface area contributed by atoms with Crippen LogP contribution in [-0.2, 0) is 12.6 Å². The maximum Gasteiger partial charge on any atom is 0.147 e. The summed E-state index contributed by atoms with van der Waals surface area (Å²) in [7, 11) is 1.76. The summed E-state index contributed by atoms with van der Waals surface area (Å²) in [4.78, 5) is 3.86. The zero-order chi connectivity index (χ0) is 11.8. The SMILES string of the molecule is Cn1ccc(C(C)(O)c2ccc(F)cn2)n1. The van der Waals surface area contributed by atoms with Crippen LogP contribution in [0.25, 0.3) is 0 Å². The molecule has 0 aliphatic carbocycles. The number of halogens is 1. The number of aliphatic hydroxyl groups is 1. The highest BCUT2D eigenvalue weighted by molar-refractivity contribution is 5.24. The first-order chi connectivity index (χ1) is 7.50. The lowest BCUT2D eigenvalue weighted by molar-refractivity contribution is 0.0918. The van der Waals surface area contributed by atoms with Crippen molar-refractivity contribution < 1.29 is 9.50 Å². The van der Waals surface area contributed by atoms with Crippen LogP contribution < -0.4 is 0 Å². The molecule has 0 aromatic carbocycles. The standard InChI is InChI=1S/C11H12FN3O/c1-11(16,10-5-6-15(2)14-10)9-4-3-8(12)7-13-9/h3-7,16H,1-2H3. The molecule has 0 aliphatic rings. The monoisotopic (exact) mass is 221 g/mol. The summed E-state index contributed by atoms with van der Waals surface area (Å²) in [6.07, 6.45) is 2.81. The fraction of sp³-hybridized carbons (Fsp3) is 0.273. The second kappa shape index (κ2) is 3.68. The predicted molar refractivity (Wildman–Crippen MR) is 56.1 cm³/mol. The second-order valence-corrected chi connectivity index (χ2v) is 3.81. The molecule has 0 bridgehead atoms. The van der Waals surface area contributed by atoms with Gasteiger partial charge in [0.05, 0.1) is 17.6 Å². The normalized spacial score (nSPS) is 14.8. The maximum atomic E-state index is 12.7. The van der Waals surface area contributed by atoms with Crippen LogP contribution in [0, 0.1) is 5.82 Å². The molecule has 16 heavy (non-hydrogen) atoms. The van der Waals surface area contributed by atoms with Gasteiger partial charge in [-0.15, -0.1) is 0 Å². The first-order valence-electron chi connectivity index (χ1n) is 4.84. The van der Waals surface area contributed by atoms with Gasteiger partial charge in [0.1, 0.15) is 11.4 Å². The minimum absolute atomic E-state index is 0.368. The molecule has 0 spiro atoms. The molecule has 1 N–H and O–H groups in total. The van der Waals surface area contributed by atoms with Crippen molar-refractivity contribution in [2.45, 2.75) is 12.5 Å². The van der Waals surface area contributed by atoms with E-state index < -0.39 is 11.4 Å². The summed E-state index contributed by atoms with van der Waals surface area (Å²) in [5.41, 5.74) is -0.462. The number of nitrogens with zero attached hydrogens (tertiary/aromatic N) is 3. The molecule has 5 heteroatoms. The fourth-order valence-electron chi connectivity index (χ4n) is 1.47. The average Bonchev–Trinajstić information content (AvgIpc) is 2.66. The minimum Gasteiger partial charge on any atom is -0.377 e. The van der Waals surface area contributed by atoms with Gasteiger partial charge in [-0.25, -0.2) is 4.39 Å². The van der Waals surface area contributed by atoms with Crippen molar-refractivity contribution in [3.05, 3.63) is 47.8 Å². The first kappa shape index (κ1) is 10.8. The van der Waals surface area contributed by atoms with Crippen LogP contribution in [0.3, 0.4) is 0 Å². The molecule has 2 rings (SSSR count). The van der Waals surface area contributed by atoms with Gasteiger partial charge in [0.15, 0.2) is 0 Å². The molecule has 0 saturated carbocycles. The third-order valence-electron chi connectivity index (χ3n) is 2.44. The summed E-state index contributed by atoms with van der Waals surface area (Å²) >= 11 is 0. The summed E-state index contributed by atoms with van der Waals surface area (Å²) < 4.78 is 14.3. The van der Waals surface area contributed by atoms with Crippen molar-refractivity contribution in [1.82, 2.24) is 14.8 Å². The predicted octanol–water partition coefficient (Wildman–Crippen LogP) is 1.21. The van der Waals surface area contributed by atoms with Gasteiger partial charge in [0.25, 0.3) is 0 Å². The minimum atomic E-state index is -1.31. The number of rotatable bonds is 2. The molecule has 2 aromatic rings. The summed E-state index contributed by atoms with van der Waals surface area (Å²) in [6.45, 7) is 1.58. The first-order valence-corrected chi connectivity index (χ1v) is 4.84. The van der Waals surface area contributed by atoms with Crippen LogP contribution >= 0.6 is 0 Å². The molecule has 1 unspecified atom stereocenters. The van der Waals surface area contributed by atoms with E-state index in [0.717, 1.165) is 6.20 Å². The van der Waals surface area contributed by atoms with Gasteiger partial charge < -0.3 is 5.11 Å². The Balaban J connectivity index is 2.42. The van der Waals surface area contributed by atoms with E-state index in [1.165, 1.54) is 12.1 Å². The Hall–Kier alpha value is -1.75. The summed E-state index contributed by atoms with van der Waals surface area (Å²) in [5.74, 6) is -0.430. The van der Waals surface area contributed by atoms with E-state index in [2.05, 4.69) is 10.1 Å². The highest BCUT2D eigenvalue weighted by Crippen LogP contribution is 2.25. The van der Waals surface area contributed by atoms with Crippen LogP contribution in [0.1, 0.15) is 18.3 Å². The Bertz CT molecular complexity index is 490. The lowest BCUT2D eigenvalue weighted by atomic mass is 9.98. The van der Waals surface area contributed by atoms with Crippen molar-refractivity contribution in [3.8, 4) is 0 Å². The van der Waals surface area contributed by atoms with Gasteiger partial charge in [0.2, 0.25) is 0 Å². The quantitative estimate of drug-likeness (QED) is 0.829. The van der Waals surface area contributed by atoms with Gasteiger partial charge in [-0.2, -0.15) is 5.10 Å². The Morgan fingerprint density at radius 1 is 1.31 bits per heavy atom. The lowest BCUT2D eigenvalue weighted by Gasteiger charge is -2.20. The number of hydrogen-bond donors (Lipinski definition) is 1. The van der Waals surface area contributed by atoms with E-state index in [1.54, 1.807) is 30.9 Å². The van der Waals surface area contributed by atoms with Crippen molar-refractivity contribution in [2.75, 3.05) is 0 Å². The van der Waals surface area contributed by atoms with Crippen molar-refractivity contribution in [1.29, 1.82) is 0 Å². The van der Waals surface area contributed by atoms with E-state index in [1.807, 2.05) is 0 Å². The number of aromatic nitrogens is 3. The van der Waals surface area contributed by atoms with E-state index in [0.29, 0.717) is 11.4 Å². The van der Waals surface area contributed by atoms with Gasteiger partial charge in [-0.1, -0.05) is 0 Å². The Labute approximate surface area is 92.4 Å². The highest BCUT2D eigenvalue weighted by Gasteiger charge is 2.29. The molecule has 0 amide bonds. The number of pyridine rings is 1. The van der Waals surface area contributed by atoms with Gasteiger partial charge in [-0.3, -0.25) is 9.67 Å². The van der Waals surface area contributed by atoms with Crippen LogP contribution in [0.5, 0.6) is 0 Å². The van der Waals surface area contributed by atoms with Gasteiger partial charge in [-0.05, 0) is 25.1 Å². The Morgan fingerprint density at radius 3 is 2.56 bits per heavy atom. The topological polar surface area (TPSA) is 50.9 Å². The molecule has 0 aliphatic heterocycles. The molecule has 0 saturated heterocycles. The summed E-state index contributed by atoms with van der Waals surface area (Å²) in [6, 6.07) is 4.41. The molecule has 2 aromatic heterocycles. The van der Waals surface area contributed by atoms with Crippen LogP contribution in [0.15, 0.2) is 30.6 Å².